The molecule has 0 aliphatic carbocycles. The van der Waals surface area contributed by atoms with E-state index in [2.05, 4.69) is 10.6 Å². The van der Waals surface area contributed by atoms with Crippen molar-refractivity contribution in [3.05, 3.63) is 93.9 Å². The molecule has 3 aromatic carbocycles. The highest BCUT2D eigenvalue weighted by molar-refractivity contribution is 6.32. The SMILES string of the molecule is COc1cc(/C=C2/NC(=O)N(CC(=O)Nc3cccc(C)c3)C2=O)cc(Cl)c1OCc1ccc(F)cc1. The first-order valence-corrected chi connectivity index (χ1v) is 11.6. The Kier molecular flexibility index (Phi) is 7.74. The molecule has 0 saturated carbocycles. The summed E-state index contributed by atoms with van der Waals surface area (Å²) in [5.74, 6) is -0.950. The van der Waals surface area contributed by atoms with E-state index in [0.29, 0.717) is 17.0 Å². The molecular weight excluding hydrogens is 501 g/mol. The molecule has 8 nitrogen and oxygen atoms in total. The van der Waals surface area contributed by atoms with E-state index in [9.17, 15) is 18.8 Å². The number of rotatable bonds is 8. The van der Waals surface area contributed by atoms with Crippen molar-refractivity contribution >= 4 is 41.2 Å². The number of halogens is 2. The van der Waals surface area contributed by atoms with Gasteiger partial charge in [-0.2, -0.15) is 0 Å². The minimum absolute atomic E-state index is 0.0218. The molecule has 37 heavy (non-hydrogen) atoms. The lowest BCUT2D eigenvalue weighted by Gasteiger charge is -2.14. The van der Waals surface area contributed by atoms with E-state index in [1.54, 1.807) is 42.5 Å². The van der Waals surface area contributed by atoms with Gasteiger partial charge in [0.2, 0.25) is 5.91 Å². The summed E-state index contributed by atoms with van der Waals surface area (Å²) < 4.78 is 24.3. The lowest BCUT2D eigenvalue weighted by atomic mass is 10.1. The van der Waals surface area contributed by atoms with Gasteiger partial charge in [0.1, 0.15) is 24.7 Å². The number of amides is 4. The molecule has 4 amide bonds. The zero-order valence-corrected chi connectivity index (χ0v) is 20.8. The molecule has 1 heterocycles. The number of nitrogens with one attached hydrogen (secondary N) is 2. The van der Waals surface area contributed by atoms with Crippen LogP contribution in [0.2, 0.25) is 5.02 Å². The quantitative estimate of drug-likeness (QED) is 0.323. The van der Waals surface area contributed by atoms with Gasteiger partial charge in [0.15, 0.2) is 11.5 Å². The fraction of sp³-hybridized carbons (Fsp3) is 0.148. The summed E-state index contributed by atoms with van der Waals surface area (Å²) in [5, 5.41) is 5.36. The fourth-order valence-corrected chi connectivity index (χ4v) is 3.92. The standard InChI is InChI=1S/C27H23ClFN3O5/c1-16-4-3-5-20(10-16)30-24(33)14-32-26(34)22(31-27(32)35)12-18-11-21(28)25(23(13-18)36-2)37-15-17-6-8-19(29)9-7-17/h3-13H,14-15H2,1-2H3,(H,30,33)(H,31,35)/b22-12+. The molecule has 1 aliphatic heterocycles. The van der Waals surface area contributed by atoms with Gasteiger partial charge in [0.25, 0.3) is 5.91 Å². The summed E-state index contributed by atoms with van der Waals surface area (Å²) in [5.41, 5.74) is 2.70. The largest absolute Gasteiger partial charge is 0.493 e. The number of hydrogen-bond acceptors (Lipinski definition) is 5. The fourth-order valence-electron chi connectivity index (χ4n) is 3.65. The van der Waals surface area contributed by atoms with Crippen molar-refractivity contribution in [2.24, 2.45) is 0 Å². The maximum Gasteiger partial charge on any atom is 0.329 e. The third-order valence-corrected chi connectivity index (χ3v) is 5.71. The van der Waals surface area contributed by atoms with E-state index >= 15 is 0 Å². The number of carbonyl (C=O) groups is 3. The first-order valence-electron chi connectivity index (χ1n) is 11.2. The van der Waals surface area contributed by atoms with E-state index < -0.39 is 24.4 Å². The van der Waals surface area contributed by atoms with Gasteiger partial charge in [-0.25, -0.2) is 14.1 Å². The van der Waals surface area contributed by atoms with E-state index in [-0.39, 0.29) is 28.9 Å². The molecule has 1 saturated heterocycles. The van der Waals surface area contributed by atoms with Crippen LogP contribution in [0.1, 0.15) is 16.7 Å². The lowest BCUT2D eigenvalue weighted by molar-refractivity contribution is -0.127. The lowest BCUT2D eigenvalue weighted by Crippen LogP contribution is -2.38. The first kappa shape index (κ1) is 25.7. The van der Waals surface area contributed by atoms with Gasteiger partial charge in [0, 0.05) is 5.69 Å². The molecule has 190 valence electrons. The third kappa shape index (κ3) is 6.25. The topological polar surface area (TPSA) is 97.0 Å². The van der Waals surface area contributed by atoms with Gasteiger partial charge in [-0.05, 0) is 66.1 Å². The summed E-state index contributed by atoms with van der Waals surface area (Å²) in [7, 11) is 1.43. The van der Waals surface area contributed by atoms with Gasteiger partial charge in [-0.1, -0.05) is 35.9 Å². The van der Waals surface area contributed by atoms with Crippen LogP contribution in [0.3, 0.4) is 0 Å². The molecule has 2 N–H and O–H groups in total. The second kappa shape index (κ2) is 11.1. The van der Waals surface area contributed by atoms with Gasteiger partial charge in [-0.15, -0.1) is 0 Å². The molecule has 1 aliphatic rings. The van der Waals surface area contributed by atoms with Gasteiger partial charge >= 0.3 is 6.03 Å². The Hall–Kier alpha value is -4.37. The number of benzene rings is 3. The average Bonchev–Trinajstić information content (AvgIpc) is 3.11. The summed E-state index contributed by atoms with van der Waals surface area (Å²) >= 11 is 6.41. The molecule has 0 radical (unpaired) electrons. The number of anilines is 1. The van der Waals surface area contributed by atoms with Crippen molar-refractivity contribution in [2.45, 2.75) is 13.5 Å². The predicted octanol–water partition coefficient (Wildman–Crippen LogP) is 4.91. The monoisotopic (exact) mass is 523 g/mol. The highest BCUT2D eigenvalue weighted by Gasteiger charge is 2.35. The van der Waals surface area contributed by atoms with Crippen LogP contribution in [-0.2, 0) is 16.2 Å². The molecule has 1 fully saturated rings. The molecule has 0 bridgehead atoms. The molecule has 10 heteroatoms. The number of imide groups is 1. The highest BCUT2D eigenvalue weighted by atomic mass is 35.5. The summed E-state index contributed by atoms with van der Waals surface area (Å²) in [6, 6.07) is 15.4. The Morgan fingerprint density at radius 3 is 2.59 bits per heavy atom. The van der Waals surface area contributed by atoms with Crippen LogP contribution < -0.4 is 20.1 Å². The van der Waals surface area contributed by atoms with Crippen molar-refractivity contribution in [3.8, 4) is 11.5 Å². The van der Waals surface area contributed by atoms with Gasteiger partial charge < -0.3 is 20.1 Å². The number of methoxy groups -OCH3 is 1. The minimum Gasteiger partial charge on any atom is -0.493 e. The number of nitrogens with zero attached hydrogens (tertiary/aromatic N) is 1. The van der Waals surface area contributed by atoms with E-state index in [0.717, 1.165) is 16.0 Å². The van der Waals surface area contributed by atoms with E-state index in [4.69, 9.17) is 21.1 Å². The zero-order chi connectivity index (χ0) is 26.5. The Morgan fingerprint density at radius 1 is 1.14 bits per heavy atom. The number of ether oxygens (including phenoxy) is 2. The average molecular weight is 524 g/mol. The number of hydrogen-bond donors (Lipinski definition) is 2. The molecule has 3 aromatic rings. The van der Waals surface area contributed by atoms with Crippen LogP contribution in [0.25, 0.3) is 6.08 Å². The van der Waals surface area contributed by atoms with Crippen LogP contribution in [0.15, 0.2) is 66.4 Å². The second-order valence-corrected chi connectivity index (χ2v) is 8.65. The van der Waals surface area contributed by atoms with Crippen molar-refractivity contribution < 1.29 is 28.2 Å². The van der Waals surface area contributed by atoms with Crippen molar-refractivity contribution in [1.82, 2.24) is 10.2 Å². The molecule has 0 aromatic heterocycles. The van der Waals surface area contributed by atoms with Crippen molar-refractivity contribution in [2.75, 3.05) is 19.0 Å². The number of aryl methyl sites for hydroxylation is 1. The Morgan fingerprint density at radius 2 is 1.89 bits per heavy atom. The molecule has 0 atom stereocenters. The normalized spacial score (nSPS) is 14.1. The number of urea groups is 1. The van der Waals surface area contributed by atoms with Gasteiger partial charge in [-0.3, -0.25) is 9.59 Å². The second-order valence-electron chi connectivity index (χ2n) is 8.25. The Labute approximate surface area is 217 Å². The van der Waals surface area contributed by atoms with Crippen LogP contribution in [0.4, 0.5) is 14.9 Å². The van der Waals surface area contributed by atoms with E-state index in [1.807, 2.05) is 13.0 Å². The minimum atomic E-state index is -0.715. The van der Waals surface area contributed by atoms with Crippen LogP contribution in [0, 0.1) is 12.7 Å². The summed E-state index contributed by atoms with van der Waals surface area (Å²) in [4.78, 5) is 38.4. The molecular formula is C27H23ClFN3O5. The smallest absolute Gasteiger partial charge is 0.329 e. The maximum absolute atomic E-state index is 13.1. The van der Waals surface area contributed by atoms with Crippen LogP contribution in [0.5, 0.6) is 11.5 Å². The van der Waals surface area contributed by atoms with Crippen LogP contribution >= 0.6 is 11.6 Å². The molecule has 0 spiro atoms. The Balaban J connectivity index is 1.46. The summed E-state index contributed by atoms with van der Waals surface area (Å²) in [6.07, 6.45) is 1.43. The third-order valence-electron chi connectivity index (χ3n) is 5.43. The predicted molar refractivity (Wildman–Crippen MR) is 137 cm³/mol. The van der Waals surface area contributed by atoms with Crippen molar-refractivity contribution in [1.29, 1.82) is 0 Å². The summed E-state index contributed by atoms with van der Waals surface area (Å²) in [6.45, 7) is 1.57. The molecule has 4 rings (SSSR count). The zero-order valence-electron chi connectivity index (χ0n) is 20.0. The molecule has 0 unspecified atom stereocenters. The number of carbonyl (C=O) groups excluding carboxylic acids is 3. The van der Waals surface area contributed by atoms with E-state index in [1.165, 1.54) is 25.3 Å². The Bertz CT molecular complexity index is 1390. The maximum atomic E-state index is 13.1. The van der Waals surface area contributed by atoms with Crippen LogP contribution in [-0.4, -0.2) is 36.4 Å². The van der Waals surface area contributed by atoms with Crippen molar-refractivity contribution in [3.63, 3.8) is 0 Å². The first-order chi connectivity index (χ1) is 17.7. The highest BCUT2D eigenvalue weighted by Crippen LogP contribution is 2.37. The van der Waals surface area contributed by atoms with Gasteiger partial charge in [0.05, 0.1) is 12.1 Å².